The van der Waals surface area contributed by atoms with Crippen LogP contribution in [-0.2, 0) is 24.4 Å². The fourth-order valence-electron chi connectivity index (χ4n) is 5.92. The SMILES string of the molecule is O=C1CN(S(=O)(=O)c2ccccn2)CCCC1CNC(=O)[C@H](CC1CCCCC1)NC(=O)C1CCCC1. The van der Waals surface area contributed by atoms with Crippen LogP contribution in [0.5, 0.6) is 0 Å². The maximum Gasteiger partial charge on any atom is 0.260 e. The summed E-state index contributed by atoms with van der Waals surface area (Å²) in [4.78, 5) is 43.1. The molecule has 2 saturated carbocycles. The van der Waals surface area contributed by atoms with Gasteiger partial charge in [-0.3, -0.25) is 14.4 Å². The minimum absolute atomic E-state index is 0.0165. The van der Waals surface area contributed by atoms with Crippen molar-refractivity contribution in [3.63, 3.8) is 0 Å². The number of carbonyl (C=O) groups is 3. The van der Waals surface area contributed by atoms with Gasteiger partial charge in [0.15, 0.2) is 10.8 Å². The van der Waals surface area contributed by atoms with E-state index in [1.54, 1.807) is 12.1 Å². The Bertz CT molecular complexity index is 1040. The van der Waals surface area contributed by atoms with Gasteiger partial charge in [0.25, 0.3) is 10.0 Å². The van der Waals surface area contributed by atoms with Crippen LogP contribution in [0.1, 0.15) is 77.0 Å². The van der Waals surface area contributed by atoms with Crippen molar-refractivity contribution in [2.24, 2.45) is 17.8 Å². The smallest absolute Gasteiger partial charge is 0.260 e. The first kappa shape index (κ1) is 27.7. The van der Waals surface area contributed by atoms with E-state index in [1.807, 2.05) is 0 Å². The van der Waals surface area contributed by atoms with Crippen LogP contribution in [-0.4, -0.2) is 61.0 Å². The molecule has 4 rings (SSSR count). The number of hydrogen-bond donors (Lipinski definition) is 2. The molecular formula is C27H40N4O5S. The van der Waals surface area contributed by atoms with Gasteiger partial charge in [0, 0.05) is 31.1 Å². The zero-order valence-electron chi connectivity index (χ0n) is 21.6. The summed E-state index contributed by atoms with van der Waals surface area (Å²) >= 11 is 0. The van der Waals surface area contributed by atoms with Crippen molar-refractivity contribution in [3.05, 3.63) is 24.4 Å². The van der Waals surface area contributed by atoms with Gasteiger partial charge in [0.1, 0.15) is 6.04 Å². The standard InChI is InChI=1S/C27H40N4O5S/c32-24-19-31(37(35,36)25-14-6-7-15-28-25)16-8-13-22(24)18-29-27(34)23(17-20-9-2-1-3-10-20)30-26(33)21-11-4-5-12-21/h6-7,14-15,20-23H,1-5,8-13,16-19H2,(H,29,34)(H,30,33)/t22?,23-/m0/s1. The van der Waals surface area contributed by atoms with Crippen LogP contribution in [0.25, 0.3) is 0 Å². The number of aromatic nitrogens is 1. The molecule has 9 nitrogen and oxygen atoms in total. The Kier molecular flexibility index (Phi) is 9.70. The fraction of sp³-hybridized carbons (Fsp3) is 0.704. The molecule has 2 amide bonds. The predicted octanol–water partition coefficient (Wildman–Crippen LogP) is 2.81. The van der Waals surface area contributed by atoms with E-state index in [4.69, 9.17) is 0 Å². The van der Waals surface area contributed by atoms with Crippen LogP contribution in [0, 0.1) is 17.8 Å². The van der Waals surface area contributed by atoms with Crippen molar-refractivity contribution < 1.29 is 22.8 Å². The molecule has 0 spiro atoms. The second-order valence-corrected chi connectivity index (χ2v) is 12.7. The lowest BCUT2D eigenvalue weighted by Crippen LogP contribution is -2.50. The van der Waals surface area contributed by atoms with E-state index in [2.05, 4.69) is 15.6 Å². The number of nitrogens with zero attached hydrogens (tertiary/aromatic N) is 2. The molecule has 1 aromatic heterocycles. The van der Waals surface area contributed by atoms with E-state index in [-0.39, 0.29) is 48.2 Å². The molecule has 1 aliphatic heterocycles. The number of carbonyl (C=O) groups excluding carboxylic acids is 3. The van der Waals surface area contributed by atoms with Crippen LogP contribution >= 0.6 is 0 Å². The Morgan fingerprint density at radius 1 is 1.00 bits per heavy atom. The highest BCUT2D eigenvalue weighted by Crippen LogP contribution is 2.29. The van der Waals surface area contributed by atoms with E-state index in [9.17, 15) is 22.8 Å². The average Bonchev–Trinajstić information content (AvgIpc) is 3.38. The van der Waals surface area contributed by atoms with Gasteiger partial charge in [-0.2, -0.15) is 4.31 Å². The van der Waals surface area contributed by atoms with E-state index in [1.165, 1.54) is 23.0 Å². The first-order valence-electron chi connectivity index (χ1n) is 13.9. The maximum absolute atomic E-state index is 13.3. The maximum atomic E-state index is 13.3. The summed E-state index contributed by atoms with van der Waals surface area (Å²) in [5, 5.41) is 5.89. The van der Waals surface area contributed by atoms with Gasteiger partial charge in [-0.15, -0.1) is 0 Å². The minimum Gasteiger partial charge on any atom is -0.354 e. The number of pyridine rings is 1. The molecule has 1 aromatic rings. The third-order valence-electron chi connectivity index (χ3n) is 8.17. The molecule has 3 fully saturated rings. The highest BCUT2D eigenvalue weighted by molar-refractivity contribution is 7.89. The summed E-state index contributed by atoms with van der Waals surface area (Å²) < 4.78 is 27.1. The molecule has 204 valence electrons. The number of nitrogens with one attached hydrogen (secondary N) is 2. The Morgan fingerprint density at radius 2 is 1.73 bits per heavy atom. The molecule has 0 aromatic carbocycles. The number of Topliss-reactive ketones (excluding diaryl/α,β-unsaturated/α-hetero) is 1. The molecule has 1 saturated heterocycles. The molecule has 0 bridgehead atoms. The van der Waals surface area contributed by atoms with Gasteiger partial charge >= 0.3 is 0 Å². The summed E-state index contributed by atoms with van der Waals surface area (Å²) in [7, 11) is -3.86. The third kappa shape index (κ3) is 7.37. The molecule has 0 radical (unpaired) electrons. The van der Waals surface area contributed by atoms with Gasteiger partial charge in [-0.05, 0) is 50.2 Å². The summed E-state index contributed by atoms with van der Waals surface area (Å²) in [6.45, 7) is 0.149. The molecule has 2 atom stereocenters. The lowest BCUT2D eigenvalue weighted by atomic mass is 9.84. The molecular weight excluding hydrogens is 492 g/mol. The van der Waals surface area contributed by atoms with Crippen molar-refractivity contribution in [3.8, 4) is 0 Å². The molecule has 2 aliphatic carbocycles. The van der Waals surface area contributed by atoms with Crippen molar-refractivity contribution in [1.82, 2.24) is 19.9 Å². The molecule has 3 aliphatic rings. The first-order valence-corrected chi connectivity index (χ1v) is 15.3. The van der Waals surface area contributed by atoms with Crippen molar-refractivity contribution in [2.75, 3.05) is 19.6 Å². The van der Waals surface area contributed by atoms with E-state index >= 15 is 0 Å². The Balaban J connectivity index is 1.35. The highest BCUT2D eigenvalue weighted by atomic mass is 32.2. The van der Waals surface area contributed by atoms with E-state index < -0.39 is 22.0 Å². The Morgan fingerprint density at radius 3 is 2.43 bits per heavy atom. The number of amides is 2. The molecule has 2 N–H and O–H groups in total. The van der Waals surface area contributed by atoms with Crippen LogP contribution in [0.3, 0.4) is 0 Å². The average molecular weight is 533 g/mol. The minimum atomic E-state index is -3.86. The van der Waals surface area contributed by atoms with Gasteiger partial charge in [-0.1, -0.05) is 51.0 Å². The van der Waals surface area contributed by atoms with Crippen molar-refractivity contribution in [2.45, 2.75) is 88.1 Å². The highest BCUT2D eigenvalue weighted by Gasteiger charge is 2.34. The van der Waals surface area contributed by atoms with E-state index in [0.717, 1.165) is 51.4 Å². The van der Waals surface area contributed by atoms with Gasteiger partial charge in [0.05, 0.1) is 6.54 Å². The van der Waals surface area contributed by atoms with Gasteiger partial charge < -0.3 is 10.6 Å². The molecule has 1 unspecified atom stereocenters. The third-order valence-corrected chi connectivity index (χ3v) is 9.93. The predicted molar refractivity (Wildman–Crippen MR) is 139 cm³/mol. The second-order valence-electron chi connectivity index (χ2n) is 10.8. The summed E-state index contributed by atoms with van der Waals surface area (Å²) in [5.74, 6) is -0.554. The molecule has 2 heterocycles. The van der Waals surface area contributed by atoms with Crippen LogP contribution in [0.15, 0.2) is 29.4 Å². The number of ketones is 1. The largest absolute Gasteiger partial charge is 0.354 e. The fourth-order valence-corrected chi connectivity index (χ4v) is 7.30. The lowest BCUT2D eigenvalue weighted by molar-refractivity contribution is -0.132. The summed E-state index contributed by atoms with van der Waals surface area (Å²) in [6, 6.07) is 4.07. The first-order chi connectivity index (χ1) is 17.8. The quantitative estimate of drug-likeness (QED) is 0.504. The number of sulfonamides is 1. The molecule has 10 heteroatoms. The van der Waals surface area contributed by atoms with Gasteiger partial charge in [-0.25, -0.2) is 13.4 Å². The topological polar surface area (TPSA) is 126 Å². The van der Waals surface area contributed by atoms with Gasteiger partial charge in [0.2, 0.25) is 11.8 Å². The summed E-state index contributed by atoms with van der Waals surface area (Å²) in [6.07, 6.45) is 12.6. The normalized spacial score (nSPS) is 23.4. The Hall–Kier alpha value is -2.33. The van der Waals surface area contributed by atoms with Crippen LogP contribution in [0.2, 0.25) is 0 Å². The van der Waals surface area contributed by atoms with Crippen LogP contribution in [0.4, 0.5) is 0 Å². The monoisotopic (exact) mass is 532 g/mol. The second kappa shape index (κ2) is 13.0. The zero-order valence-corrected chi connectivity index (χ0v) is 22.4. The van der Waals surface area contributed by atoms with Crippen molar-refractivity contribution in [1.29, 1.82) is 0 Å². The number of hydrogen-bond acceptors (Lipinski definition) is 6. The molecule has 37 heavy (non-hydrogen) atoms. The van der Waals surface area contributed by atoms with Crippen molar-refractivity contribution >= 4 is 27.6 Å². The summed E-state index contributed by atoms with van der Waals surface area (Å²) in [5.41, 5.74) is 0. The lowest BCUT2D eigenvalue weighted by Gasteiger charge is -2.28. The van der Waals surface area contributed by atoms with E-state index in [0.29, 0.717) is 25.2 Å². The number of rotatable bonds is 9. The zero-order chi connectivity index (χ0) is 26.3. The van der Waals surface area contributed by atoms with Crippen LogP contribution < -0.4 is 10.6 Å². The Labute approximate surface area is 220 Å².